The maximum absolute atomic E-state index is 12.5. The zero-order valence-corrected chi connectivity index (χ0v) is 9.21. The Hall–Kier alpha value is -2.00. The summed E-state index contributed by atoms with van der Waals surface area (Å²) in [6.07, 6.45) is -4.27. The molecule has 0 aliphatic carbocycles. The van der Waals surface area contributed by atoms with Gasteiger partial charge in [0.1, 0.15) is 0 Å². The smallest absolute Gasteiger partial charge is 0.416 e. The van der Waals surface area contributed by atoms with Crippen LogP contribution in [0.4, 0.5) is 13.2 Å². The van der Waals surface area contributed by atoms with E-state index in [2.05, 4.69) is 11.8 Å². The maximum Gasteiger partial charge on any atom is 0.416 e. The predicted molar refractivity (Wildman–Crippen MR) is 59.0 cm³/mol. The second-order valence-corrected chi connectivity index (χ2v) is 3.44. The Morgan fingerprint density at radius 3 is 2.50 bits per heavy atom. The van der Waals surface area contributed by atoms with Crippen molar-refractivity contribution in [3.05, 3.63) is 34.9 Å². The SMILES string of the molecule is NCCC#Cc1cc(C(=O)O)cc(C(F)(F)F)c1. The number of carbonyl (C=O) groups is 1. The van der Waals surface area contributed by atoms with Gasteiger partial charge in [-0.15, -0.1) is 0 Å². The van der Waals surface area contributed by atoms with Gasteiger partial charge in [0, 0.05) is 18.5 Å². The molecule has 0 radical (unpaired) electrons. The predicted octanol–water partition coefficient (Wildman–Crippen LogP) is 2.10. The number of carboxylic acid groups (broad SMARTS) is 1. The quantitative estimate of drug-likeness (QED) is 0.797. The summed E-state index contributed by atoms with van der Waals surface area (Å²) >= 11 is 0. The summed E-state index contributed by atoms with van der Waals surface area (Å²) < 4.78 is 37.6. The van der Waals surface area contributed by atoms with Crippen molar-refractivity contribution in [3.8, 4) is 11.8 Å². The van der Waals surface area contributed by atoms with E-state index in [-0.39, 0.29) is 12.1 Å². The van der Waals surface area contributed by atoms with Gasteiger partial charge in [0.15, 0.2) is 0 Å². The monoisotopic (exact) mass is 257 g/mol. The minimum absolute atomic E-state index is 0.00988. The Morgan fingerprint density at radius 1 is 1.33 bits per heavy atom. The van der Waals surface area contributed by atoms with E-state index in [1.807, 2.05) is 0 Å². The topological polar surface area (TPSA) is 63.3 Å². The summed E-state index contributed by atoms with van der Waals surface area (Å²) in [6.45, 7) is 0.289. The zero-order valence-electron chi connectivity index (χ0n) is 9.21. The van der Waals surface area contributed by atoms with E-state index >= 15 is 0 Å². The molecule has 3 nitrogen and oxygen atoms in total. The molecule has 96 valence electrons. The van der Waals surface area contributed by atoms with Crippen molar-refractivity contribution in [3.63, 3.8) is 0 Å². The van der Waals surface area contributed by atoms with Crippen molar-refractivity contribution in [2.75, 3.05) is 6.54 Å². The number of alkyl halides is 3. The van der Waals surface area contributed by atoms with Crippen LogP contribution in [0.25, 0.3) is 0 Å². The molecule has 0 saturated carbocycles. The first kappa shape index (κ1) is 14.1. The van der Waals surface area contributed by atoms with Crippen LogP contribution in [-0.2, 0) is 6.18 Å². The molecule has 0 bridgehead atoms. The number of aromatic carboxylic acids is 1. The molecule has 6 heteroatoms. The van der Waals surface area contributed by atoms with Crippen molar-refractivity contribution >= 4 is 5.97 Å². The summed E-state index contributed by atoms with van der Waals surface area (Å²) in [6, 6.07) is 2.49. The molecule has 0 aliphatic rings. The number of rotatable bonds is 2. The van der Waals surface area contributed by atoms with E-state index < -0.39 is 23.3 Å². The number of hydrogen-bond acceptors (Lipinski definition) is 2. The van der Waals surface area contributed by atoms with Crippen molar-refractivity contribution in [2.45, 2.75) is 12.6 Å². The maximum atomic E-state index is 12.5. The van der Waals surface area contributed by atoms with Gasteiger partial charge in [-0.25, -0.2) is 4.79 Å². The minimum Gasteiger partial charge on any atom is -0.478 e. The molecule has 0 aromatic heterocycles. The van der Waals surface area contributed by atoms with Crippen molar-refractivity contribution in [2.24, 2.45) is 5.73 Å². The lowest BCUT2D eigenvalue weighted by Gasteiger charge is -2.08. The van der Waals surface area contributed by atoms with Gasteiger partial charge in [0.05, 0.1) is 11.1 Å². The Morgan fingerprint density at radius 2 is 2.00 bits per heavy atom. The molecule has 0 saturated heterocycles. The second kappa shape index (κ2) is 5.56. The summed E-state index contributed by atoms with van der Waals surface area (Å²) in [5.74, 6) is 3.59. The van der Waals surface area contributed by atoms with Gasteiger partial charge in [-0.2, -0.15) is 13.2 Å². The molecule has 1 rings (SSSR count). The number of benzene rings is 1. The Bertz CT molecular complexity index is 512. The molecule has 0 fully saturated rings. The highest BCUT2D eigenvalue weighted by atomic mass is 19.4. The first-order chi connectivity index (χ1) is 8.34. The van der Waals surface area contributed by atoms with E-state index in [9.17, 15) is 18.0 Å². The molecule has 0 atom stereocenters. The molecule has 0 aliphatic heterocycles. The molecule has 0 spiro atoms. The van der Waals surface area contributed by atoms with Crippen LogP contribution in [0.3, 0.4) is 0 Å². The molecular formula is C12H10F3NO2. The largest absolute Gasteiger partial charge is 0.478 e. The molecule has 1 aromatic rings. The first-order valence-corrected chi connectivity index (χ1v) is 4.99. The van der Waals surface area contributed by atoms with E-state index in [0.29, 0.717) is 12.5 Å². The first-order valence-electron chi connectivity index (χ1n) is 4.99. The van der Waals surface area contributed by atoms with Gasteiger partial charge in [0.2, 0.25) is 0 Å². The summed E-state index contributed by atoms with van der Waals surface area (Å²) in [7, 11) is 0. The lowest BCUT2D eigenvalue weighted by atomic mass is 10.1. The number of halogens is 3. The molecule has 0 heterocycles. The van der Waals surface area contributed by atoms with Gasteiger partial charge in [-0.05, 0) is 18.2 Å². The van der Waals surface area contributed by atoms with Crippen molar-refractivity contribution < 1.29 is 23.1 Å². The van der Waals surface area contributed by atoms with Gasteiger partial charge in [-0.3, -0.25) is 0 Å². The number of nitrogens with two attached hydrogens (primary N) is 1. The van der Waals surface area contributed by atoms with Crippen LogP contribution < -0.4 is 5.73 Å². The fourth-order valence-corrected chi connectivity index (χ4v) is 1.22. The lowest BCUT2D eigenvalue weighted by Crippen LogP contribution is -2.08. The highest BCUT2D eigenvalue weighted by Gasteiger charge is 2.31. The number of hydrogen-bond donors (Lipinski definition) is 2. The Kier molecular flexibility index (Phi) is 4.34. The van der Waals surface area contributed by atoms with Crippen LogP contribution in [0.2, 0.25) is 0 Å². The minimum atomic E-state index is -4.60. The highest BCUT2D eigenvalue weighted by molar-refractivity contribution is 5.88. The van der Waals surface area contributed by atoms with Gasteiger partial charge in [0.25, 0.3) is 0 Å². The van der Waals surface area contributed by atoms with Gasteiger partial charge < -0.3 is 10.8 Å². The Balaban J connectivity index is 3.24. The average Bonchev–Trinajstić information content (AvgIpc) is 2.28. The summed E-state index contributed by atoms with van der Waals surface area (Å²) in [5.41, 5.74) is 3.73. The summed E-state index contributed by atoms with van der Waals surface area (Å²) in [4.78, 5) is 10.7. The van der Waals surface area contributed by atoms with Crippen LogP contribution in [0.1, 0.15) is 27.9 Å². The van der Waals surface area contributed by atoms with Crippen LogP contribution >= 0.6 is 0 Å². The molecule has 0 unspecified atom stereocenters. The lowest BCUT2D eigenvalue weighted by molar-refractivity contribution is -0.137. The molecule has 3 N–H and O–H groups in total. The zero-order chi connectivity index (χ0) is 13.8. The van der Waals surface area contributed by atoms with E-state index in [0.717, 1.165) is 12.1 Å². The van der Waals surface area contributed by atoms with Crippen LogP contribution in [0, 0.1) is 11.8 Å². The van der Waals surface area contributed by atoms with Gasteiger partial charge in [-0.1, -0.05) is 11.8 Å². The summed E-state index contributed by atoms with van der Waals surface area (Å²) in [5, 5.41) is 8.74. The second-order valence-electron chi connectivity index (χ2n) is 3.44. The fourth-order valence-electron chi connectivity index (χ4n) is 1.22. The van der Waals surface area contributed by atoms with E-state index in [1.165, 1.54) is 0 Å². The third-order valence-corrected chi connectivity index (χ3v) is 2.01. The molecule has 18 heavy (non-hydrogen) atoms. The molecule has 0 amide bonds. The third-order valence-electron chi connectivity index (χ3n) is 2.01. The van der Waals surface area contributed by atoms with Crippen molar-refractivity contribution in [1.29, 1.82) is 0 Å². The average molecular weight is 257 g/mol. The molecule has 1 aromatic carbocycles. The van der Waals surface area contributed by atoms with Crippen molar-refractivity contribution in [1.82, 2.24) is 0 Å². The standard InChI is InChI=1S/C12H10F3NO2/c13-12(14,15)10-6-8(3-1-2-4-16)5-9(7-10)11(17)18/h5-7H,2,4,16H2,(H,17,18). The normalized spacial score (nSPS) is 10.7. The Labute approximate surface area is 101 Å². The highest BCUT2D eigenvalue weighted by Crippen LogP contribution is 2.30. The van der Waals surface area contributed by atoms with Crippen LogP contribution in [0.15, 0.2) is 18.2 Å². The third kappa shape index (κ3) is 3.79. The fraction of sp³-hybridized carbons (Fsp3) is 0.250. The van der Waals surface area contributed by atoms with E-state index in [1.54, 1.807) is 0 Å². The number of carboxylic acids is 1. The molecular weight excluding hydrogens is 247 g/mol. The van der Waals surface area contributed by atoms with Gasteiger partial charge >= 0.3 is 12.1 Å². The van der Waals surface area contributed by atoms with Crippen LogP contribution in [-0.4, -0.2) is 17.6 Å². The van der Waals surface area contributed by atoms with Crippen LogP contribution in [0.5, 0.6) is 0 Å². The van der Waals surface area contributed by atoms with E-state index in [4.69, 9.17) is 10.8 Å².